The van der Waals surface area contributed by atoms with Gasteiger partial charge in [-0.05, 0) is 48.9 Å². The molecular weight excluding hydrogens is 438 g/mol. The average Bonchev–Trinajstić information content (AvgIpc) is 2.84. The number of hydrogen-bond donors (Lipinski definition) is 1. The van der Waals surface area contributed by atoms with Crippen LogP contribution in [0, 0.1) is 21.4 Å². The Bertz CT molecular complexity index is 1290. The number of esters is 1. The van der Waals surface area contributed by atoms with Crippen molar-refractivity contribution >= 4 is 29.3 Å². The van der Waals surface area contributed by atoms with E-state index in [0.29, 0.717) is 23.6 Å². The monoisotopic (exact) mass is 457 g/mol. The third-order valence-electron chi connectivity index (χ3n) is 4.49. The lowest BCUT2D eigenvalue weighted by Gasteiger charge is -2.08. The van der Waals surface area contributed by atoms with E-state index >= 15 is 0 Å². The Morgan fingerprint density at radius 1 is 1.06 bits per heavy atom. The predicted octanol–water partition coefficient (Wildman–Crippen LogP) is 4.76. The smallest absolute Gasteiger partial charge is 0.350 e. The van der Waals surface area contributed by atoms with E-state index in [1.807, 2.05) is 13.0 Å². The minimum Gasteiger partial charge on any atom is -0.494 e. The number of carbonyl (C=O) groups is 2. The lowest BCUT2D eigenvalue weighted by molar-refractivity contribution is -0.385. The number of rotatable bonds is 8. The third kappa shape index (κ3) is 6.05. The first-order valence-electron chi connectivity index (χ1n) is 10.1. The normalized spacial score (nSPS) is 10.6. The topological polar surface area (TPSA) is 132 Å². The summed E-state index contributed by atoms with van der Waals surface area (Å²) in [6.07, 6.45) is 1.38. The summed E-state index contributed by atoms with van der Waals surface area (Å²) in [7, 11) is 0. The Morgan fingerprint density at radius 3 is 2.47 bits per heavy atom. The van der Waals surface area contributed by atoms with Crippen LogP contribution in [0.15, 0.2) is 78.4 Å². The molecule has 0 fully saturated rings. The summed E-state index contributed by atoms with van der Waals surface area (Å²) in [5, 5.41) is 23.2. The number of benzene rings is 3. The molecule has 3 aromatic carbocycles. The van der Waals surface area contributed by atoms with Crippen LogP contribution in [0.25, 0.3) is 6.08 Å². The number of nitrogens with zero attached hydrogens (tertiary/aromatic N) is 2. The number of hydrogen-bond acceptors (Lipinski definition) is 7. The average molecular weight is 457 g/mol. The highest BCUT2D eigenvalue weighted by Gasteiger charge is 2.21. The van der Waals surface area contributed by atoms with Crippen molar-refractivity contribution in [2.24, 2.45) is 0 Å². The molecule has 0 saturated heterocycles. The molecule has 9 heteroatoms. The molecule has 0 saturated carbocycles. The zero-order valence-corrected chi connectivity index (χ0v) is 18.1. The van der Waals surface area contributed by atoms with Crippen LogP contribution in [0.4, 0.5) is 11.4 Å². The zero-order chi connectivity index (χ0) is 24.5. The van der Waals surface area contributed by atoms with Crippen molar-refractivity contribution in [3.63, 3.8) is 0 Å². The third-order valence-corrected chi connectivity index (χ3v) is 4.49. The van der Waals surface area contributed by atoms with E-state index in [-0.39, 0.29) is 22.6 Å². The molecule has 1 N–H and O–H groups in total. The largest absolute Gasteiger partial charge is 0.494 e. The Labute approximate surface area is 195 Å². The van der Waals surface area contributed by atoms with Crippen molar-refractivity contribution in [3.8, 4) is 17.6 Å². The lowest BCUT2D eigenvalue weighted by Crippen LogP contribution is -2.13. The van der Waals surface area contributed by atoms with Crippen LogP contribution in [-0.2, 0) is 4.79 Å². The van der Waals surface area contributed by atoms with Crippen LogP contribution in [0.1, 0.15) is 22.8 Å². The molecule has 0 unspecified atom stereocenters. The van der Waals surface area contributed by atoms with Gasteiger partial charge in [-0.15, -0.1) is 0 Å². The van der Waals surface area contributed by atoms with Gasteiger partial charge in [0.05, 0.1) is 11.5 Å². The van der Waals surface area contributed by atoms with E-state index in [4.69, 9.17) is 9.47 Å². The van der Waals surface area contributed by atoms with Crippen LogP contribution in [-0.4, -0.2) is 23.4 Å². The van der Waals surface area contributed by atoms with Crippen molar-refractivity contribution < 1.29 is 24.0 Å². The number of nitrogens with one attached hydrogen (secondary N) is 1. The second-order valence-electron chi connectivity index (χ2n) is 6.82. The van der Waals surface area contributed by atoms with Gasteiger partial charge in [-0.25, -0.2) is 4.79 Å². The van der Waals surface area contributed by atoms with Gasteiger partial charge in [-0.2, -0.15) is 5.26 Å². The maximum atomic E-state index is 12.5. The first-order valence-corrected chi connectivity index (χ1v) is 10.1. The summed E-state index contributed by atoms with van der Waals surface area (Å²) in [6, 6.07) is 20.1. The van der Waals surface area contributed by atoms with Gasteiger partial charge in [-0.1, -0.05) is 30.3 Å². The molecule has 0 bridgehead atoms. The van der Waals surface area contributed by atoms with Crippen LogP contribution < -0.4 is 14.8 Å². The lowest BCUT2D eigenvalue weighted by atomic mass is 10.1. The fourth-order valence-electron chi connectivity index (χ4n) is 2.94. The standard InChI is InChI=1S/C25H19N3O6/c1-2-33-21-7-5-6-19(15-21)27-24(29)18(16-26)14-17-10-12-20(13-11-17)34-25(30)22-8-3-4-9-23(22)28(31)32/h3-15H,2H2,1H3,(H,27,29)/b18-14+. The summed E-state index contributed by atoms with van der Waals surface area (Å²) >= 11 is 0. The molecule has 34 heavy (non-hydrogen) atoms. The summed E-state index contributed by atoms with van der Waals surface area (Å²) < 4.78 is 10.6. The van der Waals surface area contributed by atoms with Gasteiger partial charge in [0, 0.05) is 17.8 Å². The molecule has 0 aliphatic rings. The fourth-order valence-corrected chi connectivity index (χ4v) is 2.94. The number of nitro groups is 1. The number of amides is 1. The number of nitro benzene ring substituents is 1. The second kappa shape index (κ2) is 11.1. The number of carbonyl (C=O) groups excluding carboxylic acids is 2. The minimum atomic E-state index is -0.873. The molecule has 3 aromatic rings. The molecule has 9 nitrogen and oxygen atoms in total. The first-order chi connectivity index (χ1) is 16.4. The Balaban J connectivity index is 1.71. The van der Waals surface area contributed by atoms with Crippen molar-refractivity contribution in [1.82, 2.24) is 0 Å². The van der Waals surface area contributed by atoms with Crippen molar-refractivity contribution in [1.29, 1.82) is 5.26 Å². The van der Waals surface area contributed by atoms with Gasteiger partial charge in [0.15, 0.2) is 0 Å². The molecular formula is C25H19N3O6. The van der Waals surface area contributed by atoms with Crippen molar-refractivity contribution in [2.45, 2.75) is 6.92 Å². The van der Waals surface area contributed by atoms with Gasteiger partial charge in [0.2, 0.25) is 0 Å². The molecule has 0 atom stereocenters. The molecule has 0 aliphatic carbocycles. The predicted molar refractivity (Wildman–Crippen MR) is 124 cm³/mol. The number of ether oxygens (including phenoxy) is 2. The minimum absolute atomic E-state index is 0.133. The number of nitriles is 1. The van der Waals surface area contributed by atoms with Gasteiger partial charge < -0.3 is 14.8 Å². The summed E-state index contributed by atoms with van der Waals surface area (Å²) in [4.78, 5) is 35.3. The highest BCUT2D eigenvalue weighted by atomic mass is 16.6. The van der Waals surface area contributed by atoms with Crippen LogP contribution in [0.2, 0.25) is 0 Å². The summed E-state index contributed by atoms with van der Waals surface area (Å²) in [5.74, 6) is -0.727. The molecule has 0 spiro atoms. The SMILES string of the molecule is CCOc1cccc(NC(=O)/C(C#N)=C/c2ccc(OC(=O)c3ccccc3[N+](=O)[O-])cc2)c1. The highest BCUT2D eigenvalue weighted by Crippen LogP contribution is 2.22. The zero-order valence-electron chi connectivity index (χ0n) is 18.1. The van der Waals surface area contributed by atoms with Gasteiger partial charge in [-0.3, -0.25) is 14.9 Å². The molecule has 0 aromatic heterocycles. The van der Waals surface area contributed by atoms with Gasteiger partial charge in [0.25, 0.3) is 11.6 Å². The van der Waals surface area contributed by atoms with Crippen molar-refractivity contribution in [2.75, 3.05) is 11.9 Å². The Morgan fingerprint density at radius 2 is 1.79 bits per heavy atom. The quantitative estimate of drug-likeness (QED) is 0.129. The molecule has 1 amide bonds. The van der Waals surface area contributed by atoms with E-state index in [0.717, 1.165) is 0 Å². The van der Waals surface area contributed by atoms with E-state index in [2.05, 4.69) is 5.32 Å². The Kier molecular flexibility index (Phi) is 7.71. The molecule has 0 heterocycles. The highest BCUT2D eigenvalue weighted by molar-refractivity contribution is 6.09. The van der Waals surface area contributed by atoms with Crippen LogP contribution in [0.5, 0.6) is 11.5 Å². The molecule has 170 valence electrons. The van der Waals surface area contributed by atoms with E-state index < -0.39 is 16.8 Å². The first kappa shape index (κ1) is 23.7. The maximum Gasteiger partial charge on any atom is 0.350 e. The molecule has 0 radical (unpaired) electrons. The fraction of sp³-hybridized carbons (Fsp3) is 0.0800. The molecule has 0 aliphatic heterocycles. The Hall–Kier alpha value is -4.97. The number of para-hydroxylation sites is 1. The molecule has 3 rings (SSSR count). The second-order valence-corrected chi connectivity index (χ2v) is 6.82. The van der Waals surface area contributed by atoms with Gasteiger partial charge in [0.1, 0.15) is 28.7 Å². The van der Waals surface area contributed by atoms with Gasteiger partial charge >= 0.3 is 5.97 Å². The van der Waals surface area contributed by atoms with Crippen molar-refractivity contribution in [3.05, 3.63) is 99.6 Å². The summed E-state index contributed by atoms with van der Waals surface area (Å²) in [6.45, 7) is 2.33. The van der Waals surface area contributed by atoms with Crippen LogP contribution >= 0.6 is 0 Å². The van der Waals surface area contributed by atoms with E-state index in [1.165, 1.54) is 42.5 Å². The summed E-state index contributed by atoms with van der Waals surface area (Å²) in [5.41, 5.74) is 0.331. The van der Waals surface area contributed by atoms with E-state index in [1.54, 1.807) is 36.4 Å². The van der Waals surface area contributed by atoms with Crippen LogP contribution in [0.3, 0.4) is 0 Å². The van der Waals surface area contributed by atoms with E-state index in [9.17, 15) is 25.0 Å². The maximum absolute atomic E-state index is 12.5. The number of anilines is 1.